The van der Waals surface area contributed by atoms with E-state index in [9.17, 15) is 0 Å². The Morgan fingerprint density at radius 1 is 1.40 bits per heavy atom. The number of benzene rings is 1. The molecule has 0 saturated carbocycles. The van der Waals surface area contributed by atoms with Gasteiger partial charge in [-0.15, -0.1) is 11.8 Å². The van der Waals surface area contributed by atoms with Gasteiger partial charge in [0.1, 0.15) is 0 Å². The molecule has 0 amide bonds. The molecule has 0 saturated heterocycles. The van der Waals surface area contributed by atoms with E-state index in [0.717, 1.165) is 4.90 Å². The summed E-state index contributed by atoms with van der Waals surface area (Å²) in [5, 5.41) is 0.575. The van der Waals surface area contributed by atoms with Gasteiger partial charge in [0.2, 0.25) is 0 Å². The smallest absolute Gasteiger partial charge is 0.166 e. The fraction of sp³-hybridized carbons (Fsp3) is 0.400. The van der Waals surface area contributed by atoms with E-state index in [1.54, 1.807) is 32.0 Å². The Morgan fingerprint density at radius 3 is 2.60 bits per heavy atom. The lowest BCUT2D eigenvalue weighted by Gasteiger charge is -2.12. The molecule has 0 atom stereocenters. The topological polar surface area (TPSA) is 44.5 Å². The van der Waals surface area contributed by atoms with E-state index in [1.807, 2.05) is 12.1 Å². The molecule has 0 aromatic heterocycles. The number of anilines is 1. The zero-order chi connectivity index (χ0) is 11.3. The molecule has 0 spiro atoms. The van der Waals surface area contributed by atoms with E-state index >= 15 is 0 Å². The molecule has 1 rings (SSSR count). The summed E-state index contributed by atoms with van der Waals surface area (Å²) in [4.78, 5) is 1.05. The summed E-state index contributed by atoms with van der Waals surface area (Å²) in [6.45, 7) is 0. The van der Waals surface area contributed by atoms with Crippen LogP contribution in [0.4, 0.5) is 5.69 Å². The van der Waals surface area contributed by atoms with E-state index in [-0.39, 0.29) is 6.29 Å². The Labute approximate surface area is 98.9 Å². The third-order valence-electron chi connectivity index (χ3n) is 1.88. The number of methoxy groups -OCH3 is 2. The Morgan fingerprint density at radius 2 is 2.07 bits per heavy atom. The first-order valence-corrected chi connectivity index (χ1v) is 5.77. The first-order chi connectivity index (χ1) is 7.17. The van der Waals surface area contributed by atoms with E-state index in [4.69, 9.17) is 26.8 Å². The van der Waals surface area contributed by atoms with Gasteiger partial charge >= 0.3 is 0 Å². The van der Waals surface area contributed by atoms with Crippen LogP contribution < -0.4 is 5.73 Å². The molecule has 2 N–H and O–H groups in total. The number of thioether (sulfide) groups is 1. The quantitative estimate of drug-likeness (QED) is 0.494. The van der Waals surface area contributed by atoms with Gasteiger partial charge in [-0.25, -0.2) is 0 Å². The molecule has 0 bridgehead atoms. The SMILES string of the molecule is COC(CSc1ccc(N)c(Cl)c1)OC. The third-order valence-corrected chi connectivity index (χ3v) is 3.24. The van der Waals surface area contributed by atoms with Crippen molar-refractivity contribution in [2.75, 3.05) is 25.7 Å². The third kappa shape index (κ3) is 3.91. The highest BCUT2D eigenvalue weighted by Crippen LogP contribution is 2.26. The monoisotopic (exact) mass is 247 g/mol. The van der Waals surface area contributed by atoms with Gasteiger partial charge in [-0.1, -0.05) is 11.6 Å². The first kappa shape index (κ1) is 12.6. The van der Waals surface area contributed by atoms with Crippen LogP contribution in [-0.4, -0.2) is 26.3 Å². The number of nitrogens with two attached hydrogens (primary N) is 1. The molecular weight excluding hydrogens is 234 g/mol. The number of hydrogen-bond donors (Lipinski definition) is 1. The van der Waals surface area contributed by atoms with Crippen LogP contribution in [0.15, 0.2) is 23.1 Å². The molecule has 0 unspecified atom stereocenters. The molecule has 0 heterocycles. The number of nitrogen functional groups attached to an aromatic ring is 1. The normalized spacial score (nSPS) is 10.9. The van der Waals surface area contributed by atoms with Crippen molar-refractivity contribution in [1.29, 1.82) is 0 Å². The van der Waals surface area contributed by atoms with Crippen molar-refractivity contribution in [3.8, 4) is 0 Å². The van der Waals surface area contributed by atoms with Gasteiger partial charge in [-0.05, 0) is 18.2 Å². The highest BCUT2D eigenvalue weighted by molar-refractivity contribution is 7.99. The summed E-state index contributed by atoms with van der Waals surface area (Å²) in [6, 6.07) is 5.55. The molecule has 5 heteroatoms. The van der Waals surface area contributed by atoms with E-state index in [0.29, 0.717) is 16.5 Å². The van der Waals surface area contributed by atoms with Crippen LogP contribution in [0.2, 0.25) is 5.02 Å². The van der Waals surface area contributed by atoms with Gasteiger partial charge in [-0.2, -0.15) is 0 Å². The highest BCUT2D eigenvalue weighted by atomic mass is 35.5. The molecule has 3 nitrogen and oxygen atoms in total. The number of ether oxygens (including phenoxy) is 2. The van der Waals surface area contributed by atoms with Crippen molar-refractivity contribution in [2.24, 2.45) is 0 Å². The predicted molar refractivity (Wildman–Crippen MR) is 64.4 cm³/mol. The lowest BCUT2D eigenvalue weighted by molar-refractivity contribution is -0.0842. The summed E-state index contributed by atoms with van der Waals surface area (Å²) in [5.74, 6) is 0.716. The Bertz CT molecular complexity index is 318. The highest BCUT2D eigenvalue weighted by Gasteiger charge is 2.06. The van der Waals surface area contributed by atoms with Crippen molar-refractivity contribution in [2.45, 2.75) is 11.2 Å². The molecule has 0 aliphatic carbocycles. The van der Waals surface area contributed by atoms with Gasteiger partial charge < -0.3 is 15.2 Å². The summed E-state index contributed by atoms with van der Waals surface area (Å²) in [7, 11) is 3.23. The summed E-state index contributed by atoms with van der Waals surface area (Å²) in [6.07, 6.45) is -0.202. The summed E-state index contributed by atoms with van der Waals surface area (Å²) >= 11 is 7.51. The maximum absolute atomic E-state index is 5.90. The lowest BCUT2D eigenvalue weighted by Crippen LogP contribution is -2.15. The van der Waals surface area contributed by atoms with Crippen molar-refractivity contribution in [3.05, 3.63) is 23.2 Å². The number of hydrogen-bond acceptors (Lipinski definition) is 4. The van der Waals surface area contributed by atoms with Crippen molar-refractivity contribution in [1.82, 2.24) is 0 Å². The fourth-order valence-electron chi connectivity index (χ4n) is 0.994. The Kier molecular flexibility index (Phi) is 5.25. The summed E-state index contributed by atoms with van der Waals surface area (Å²) < 4.78 is 10.1. The van der Waals surface area contributed by atoms with Crippen molar-refractivity contribution in [3.63, 3.8) is 0 Å². The van der Waals surface area contributed by atoms with Crippen LogP contribution in [-0.2, 0) is 9.47 Å². The minimum Gasteiger partial charge on any atom is -0.398 e. The Balaban J connectivity index is 2.54. The molecule has 1 aromatic rings. The van der Waals surface area contributed by atoms with Gasteiger partial charge in [-0.3, -0.25) is 0 Å². The number of halogens is 1. The van der Waals surface area contributed by atoms with Gasteiger partial charge in [0.05, 0.1) is 10.7 Å². The molecule has 0 fully saturated rings. The minimum absolute atomic E-state index is 0.202. The van der Waals surface area contributed by atoms with Crippen LogP contribution in [0.1, 0.15) is 0 Å². The predicted octanol–water partition coefficient (Wildman–Crippen LogP) is 2.63. The molecule has 84 valence electrons. The fourth-order valence-corrected chi connectivity index (χ4v) is 2.21. The van der Waals surface area contributed by atoms with Crippen molar-refractivity contribution < 1.29 is 9.47 Å². The van der Waals surface area contributed by atoms with Crippen LogP contribution in [0, 0.1) is 0 Å². The largest absolute Gasteiger partial charge is 0.398 e. The molecule has 1 aromatic carbocycles. The average molecular weight is 248 g/mol. The maximum atomic E-state index is 5.90. The zero-order valence-corrected chi connectivity index (χ0v) is 10.3. The lowest BCUT2D eigenvalue weighted by atomic mass is 10.3. The first-order valence-electron chi connectivity index (χ1n) is 4.40. The molecule has 0 radical (unpaired) electrons. The van der Waals surface area contributed by atoms with E-state index in [1.165, 1.54) is 0 Å². The van der Waals surface area contributed by atoms with Gasteiger partial charge in [0, 0.05) is 24.9 Å². The van der Waals surface area contributed by atoms with Crippen LogP contribution in [0.25, 0.3) is 0 Å². The van der Waals surface area contributed by atoms with Crippen molar-refractivity contribution >= 4 is 29.1 Å². The van der Waals surface area contributed by atoms with Crippen LogP contribution in [0.3, 0.4) is 0 Å². The zero-order valence-electron chi connectivity index (χ0n) is 8.70. The molecule has 0 aliphatic heterocycles. The second kappa shape index (κ2) is 6.23. The average Bonchev–Trinajstić information content (AvgIpc) is 2.24. The molecular formula is C10H14ClNO2S. The number of rotatable bonds is 5. The van der Waals surface area contributed by atoms with E-state index < -0.39 is 0 Å². The van der Waals surface area contributed by atoms with E-state index in [2.05, 4.69) is 0 Å². The maximum Gasteiger partial charge on any atom is 0.166 e. The van der Waals surface area contributed by atoms with Crippen LogP contribution >= 0.6 is 23.4 Å². The Hall–Kier alpha value is -0.420. The molecule has 15 heavy (non-hydrogen) atoms. The minimum atomic E-state index is -0.202. The second-order valence-electron chi connectivity index (χ2n) is 2.90. The summed E-state index contributed by atoms with van der Waals surface area (Å²) in [5.41, 5.74) is 6.20. The van der Waals surface area contributed by atoms with Gasteiger partial charge in [0.15, 0.2) is 6.29 Å². The standard InChI is InChI=1S/C10H14ClNO2S/c1-13-10(14-2)6-15-7-3-4-9(12)8(11)5-7/h3-5,10H,6,12H2,1-2H3. The van der Waals surface area contributed by atoms with Gasteiger partial charge in [0.25, 0.3) is 0 Å². The second-order valence-corrected chi connectivity index (χ2v) is 4.40. The molecule has 0 aliphatic rings. The van der Waals surface area contributed by atoms with Crippen LogP contribution in [0.5, 0.6) is 0 Å².